The third kappa shape index (κ3) is 5.32. The Morgan fingerprint density at radius 3 is 2.71 bits per heavy atom. The number of halogens is 3. The smallest absolute Gasteiger partial charge is 0.234 e. The van der Waals surface area contributed by atoms with Gasteiger partial charge >= 0.3 is 0 Å². The summed E-state index contributed by atoms with van der Waals surface area (Å²) in [4.78, 5) is 12.1. The monoisotopic (exact) mass is 456 g/mol. The highest BCUT2D eigenvalue weighted by molar-refractivity contribution is 7.99. The van der Waals surface area contributed by atoms with Crippen LogP contribution in [-0.4, -0.2) is 26.4 Å². The Balaban J connectivity index is 1.56. The van der Waals surface area contributed by atoms with Gasteiger partial charge in [0.25, 0.3) is 0 Å². The zero-order chi connectivity index (χ0) is 20.1. The van der Waals surface area contributed by atoms with Crippen LogP contribution in [0.1, 0.15) is 5.82 Å². The second kappa shape index (κ2) is 9.52. The van der Waals surface area contributed by atoms with Gasteiger partial charge in [-0.3, -0.25) is 4.79 Å². The Labute approximate surface area is 181 Å². The molecule has 146 valence electrons. The molecule has 1 amide bonds. The molecule has 2 aromatic carbocycles. The van der Waals surface area contributed by atoms with Crippen molar-refractivity contribution in [2.75, 3.05) is 11.1 Å². The summed E-state index contributed by atoms with van der Waals surface area (Å²) in [6.45, 7) is 0.163. The number of hydrogen-bond donors (Lipinski definition) is 1. The van der Waals surface area contributed by atoms with Crippen molar-refractivity contribution in [2.45, 2.75) is 11.8 Å². The molecule has 10 heteroatoms. The first kappa shape index (κ1) is 20.8. The number of thioether (sulfide) groups is 1. The van der Waals surface area contributed by atoms with Crippen LogP contribution >= 0.6 is 46.6 Å². The minimum atomic E-state index is -0.190. The van der Waals surface area contributed by atoms with Crippen molar-refractivity contribution in [1.82, 2.24) is 14.8 Å². The van der Waals surface area contributed by atoms with Gasteiger partial charge in [-0.1, -0.05) is 58.7 Å². The van der Waals surface area contributed by atoms with Gasteiger partial charge in [-0.15, -0.1) is 10.2 Å². The van der Waals surface area contributed by atoms with E-state index in [0.29, 0.717) is 37.5 Å². The van der Waals surface area contributed by atoms with E-state index in [9.17, 15) is 4.79 Å². The summed E-state index contributed by atoms with van der Waals surface area (Å²) < 4.78 is 7.43. The number of ether oxygens (including phenoxy) is 1. The first-order chi connectivity index (χ1) is 13.4. The third-order valence-electron chi connectivity index (χ3n) is 3.66. The fourth-order valence-corrected chi connectivity index (χ4v) is 3.45. The summed E-state index contributed by atoms with van der Waals surface area (Å²) in [6, 6.07) is 12.0. The van der Waals surface area contributed by atoms with Gasteiger partial charge in [0.05, 0.1) is 21.5 Å². The van der Waals surface area contributed by atoms with Crippen molar-refractivity contribution in [3.8, 4) is 5.75 Å². The topological polar surface area (TPSA) is 69.0 Å². The van der Waals surface area contributed by atoms with Crippen molar-refractivity contribution in [3.05, 3.63) is 63.4 Å². The molecule has 0 aliphatic rings. The van der Waals surface area contributed by atoms with E-state index < -0.39 is 0 Å². The molecule has 0 saturated carbocycles. The summed E-state index contributed by atoms with van der Waals surface area (Å²) in [5.74, 6) is 1.03. The van der Waals surface area contributed by atoms with Gasteiger partial charge in [0, 0.05) is 18.1 Å². The fourth-order valence-electron chi connectivity index (χ4n) is 2.21. The zero-order valence-electron chi connectivity index (χ0n) is 14.7. The molecule has 0 aliphatic carbocycles. The van der Waals surface area contributed by atoms with Gasteiger partial charge in [-0.25, -0.2) is 0 Å². The van der Waals surface area contributed by atoms with E-state index in [1.54, 1.807) is 54.1 Å². The summed E-state index contributed by atoms with van der Waals surface area (Å²) in [7, 11) is 1.80. The molecule has 0 atom stereocenters. The maximum Gasteiger partial charge on any atom is 0.234 e. The van der Waals surface area contributed by atoms with Crippen molar-refractivity contribution in [3.63, 3.8) is 0 Å². The van der Waals surface area contributed by atoms with E-state index in [1.165, 1.54) is 11.8 Å². The molecule has 1 heterocycles. The zero-order valence-corrected chi connectivity index (χ0v) is 17.7. The maximum atomic E-state index is 12.1. The van der Waals surface area contributed by atoms with Gasteiger partial charge in [-0.05, 0) is 24.3 Å². The van der Waals surface area contributed by atoms with E-state index in [0.717, 1.165) is 0 Å². The van der Waals surface area contributed by atoms with Crippen LogP contribution in [0.3, 0.4) is 0 Å². The van der Waals surface area contributed by atoms with Gasteiger partial charge < -0.3 is 14.6 Å². The Morgan fingerprint density at radius 2 is 1.93 bits per heavy atom. The van der Waals surface area contributed by atoms with Crippen LogP contribution in [0.25, 0.3) is 0 Å². The molecule has 0 radical (unpaired) electrons. The molecule has 0 fully saturated rings. The average Bonchev–Trinajstić information content (AvgIpc) is 3.02. The summed E-state index contributed by atoms with van der Waals surface area (Å²) >= 11 is 19.3. The first-order valence-electron chi connectivity index (χ1n) is 8.07. The highest BCUT2D eigenvalue weighted by Crippen LogP contribution is 2.28. The van der Waals surface area contributed by atoms with E-state index in [-0.39, 0.29) is 18.3 Å². The van der Waals surface area contributed by atoms with Crippen molar-refractivity contribution < 1.29 is 9.53 Å². The SMILES string of the molecule is Cn1c(COc2cc(Cl)ccc2Cl)nnc1SCC(=O)Nc1ccccc1Cl. The number of benzene rings is 2. The number of para-hydroxylation sites is 1. The number of carbonyl (C=O) groups excluding carboxylic acids is 1. The number of rotatable bonds is 7. The molecular weight excluding hydrogens is 443 g/mol. The maximum absolute atomic E-state index is 12.1. The lowest BCUT2D eigenvalue weighted by atomic mass is 10.3. The molecule has 0 unspecified atom stereocenters. The number of aromatic nitrogens is 3. The van der Waals surface area contributed by atoms with Crippen molar-refractivity contribution >= 4 is 58.2 Å². The van der Waals surface area contributed by atoms with Crippen LogP contribution in [0.15, 0.2) is 47.6 Å². The summed E-state index contributed by atoms with van der Waals surface area (Å²) in [5, 5.41) is 13.0. The van der Waals surface area contributed by atoms with Crippen molar-refractivity contribution in [1.29, 1.82) is 0 Å². The van der Waals surface area contributed by atoms with E-state index in [2.05, 4.69) is 15.5 Å². The molecule has 0 saturated heterocycles. The quantitative estimate of drug-likeness (QED) is 0.501. The van der Waals surface area contributed by atoms with Gasteiger partial charge in [0.15, 0.2) is 11.0 Å². The van der Waals surface area contributed by atoms with Crippen molar-refractivity contribution in [2.24, 2.45) is 7.05 Å². The minimum absolute atomic E-state index is 0.163. The standard InChI is InChI=1S/C18H15Cl3N4O2S/c1-25-16(9-27-15-8-11(19)6-7-13(15)21)23-24-18(25)28-10-17(26)22-14-5-3-2-4-12(14)20/h2-8H,9-10H2,1H3,(H,22,26). The lowest BCUT2D eigenvalue weighted by Crippen LogP contribution is -2.14. The number of anilines is 1. The predicted molar refractivity (Wildman–Crippen MR) is 113 cm³/mol. The fraction of sp³-hybridized carbons (Fsp3) is 0.167. The van der Waals surface area contributed by atoms with E-state index in [4.69, 9.17) is 39.5 Å². The average molecular weight is 458 g/mol. The second-order valence-corrected chi connectivity index (χ2v) is 7.83. The largest absolute Gasteiger partial charge is 0.484 e. The molecular formula is C18H15Cl3N4O2S. The van der Waals surface area contributed by atoms with Crippen LogP contribution in [0, 0.1) is 0 Å². The summed E-state index contributed by atoms with van der Waals surface area (Å²) in [5.41, 5.74) is 0.570. The Kier molecular flexibility index (Phi) is 7.07. The molecule has 0 bridgehead atoms. The molecule has 6 nitrogen and oxygen atoms in total. The third-order valence-corrected chi connectivity index (χ3v) is 5.55. The molecule has 1 N–H and O–H groups in total. The predicted octanol–water partition coefficient (Wildman–Crippen LogP) is 5.09. The molecule has 0 aliphatic heterocycles. The van der Waals surface area contributed by atoms with E-state index in [1.807, 2.05) is 0 Å². The summed E-state index contributed by atoms with van der Waals surface area (Å²) in [6.07, 6.45) is 0. The number of carbonyl (C=O) groups is 1. The highest BCUT2D eigenvalue weighted by atomic mass is 35.5. The molecule has 3 aromatic rings. The van der Waals surface area contributed by atoms with Gasteiger partial charge in [-0.2, -0.15) is 0 Å². The number of hydrogen-bond acceptors (Lipinski definition) is 5. The highest BCUT2D eigenvalue weighted by Gasteiger charge is 2.13. The molecule has 28 heavy (non-hydrogen) atoms. The lowest BCUT2D eigenvalue weighted by Gasteiger charge is -2.09. The van der Waals surface area contributed by atoms with Crippen LogP contribution in [0.2, 0.25) is 15.1 Å². The first-order valence-corrected chi connectivity index (χ1v) is 10.2. The molecule has 3 rings (SSSR count). The second-order valence-electron chi connectivity index (χ2n) is 5.64. The number of amides is 1. The Hall–Kier alpha value is -1.93. The Bertz CT molecular complexity index is 997. The van der Waals surface area contributed by atoms with E-state index >= 15 is 0 Å². The number of nitrogens with zero attached hydrogens (tertiary/aromatic N) is 3. The Morgan fingerprint density at radius 1 is 1.14 bits per heavy atom. The minimum Gasteiger partial charge on any atom is -0.484 e. The molecule has 1 aromatic heterocycles. The van der Waals surface area contributed by atoms with Crippen LogP contribution in [0.4, 0.5) is 5.69 Å². The van der Waals surface area contributed by atoms with Crippen LogP contribution < -0.4 is 10.1 Å². The molecule has 0 spiro atoms. The normalized spacial score (nSPS) is 10.7. The number of nitrogens with one attached hydrogen (secondary N) is 1. The van der Waals surface area contributed by atoms with Gasteiger partial charge in [0.2, 0.25) is 5.91 Å². The van der Waals surface area contributed by atoms with Crippen LogP contribution in [-0.2, 0) is 18.4 Å². The van der Waals surface area contributed by atoms with Crippen LogP contribution in [0.5, 0.6) is 5.75 Å². The lowest BCUT2D eigenvalue weighted by molar-refractivity contribution is -0.113. The van der Waals surface area contributed by atoms with Gasteiger partial charge in [0.1, 0.15) is 12.4 Å².